The third-order valence-corrected chi connectivity index (χ3v) is 4.77. The van der Waals surface area contributed by atoms with Gasteiger partial charge in [0, 0.05) is 17.1 Å². The molecule has 4 nitrogen and oxygen atoms in total. The molecule has 134 valence electrons. The zero-order valence-corrected chi connectivity index (χ0v) is 15.6. The van der Waals surface area contributed by atoms with Crippen molar-refractivity contribution < 1.29 is 9.53 Å². The molecule has 0 aliphatic carbocycles. The van der Waals surface area contributed by atoms with E-state index in [9.17, 15) is 4.79 Å². The molecule has 2 N–H and O–H groups in total. The van der Waals surface area contributed by atoms with Crippen LogP contribution >= 0.6 is 24.0 Å². The van der Waals surface area contributed by atoms with Crippen LogP contribution in [0.2, 0.25) is 5.02 Å². The quantitative estimate of drug-likeness (QED) is 0.885. The van der Waals surface area contributed by atoms with Crippen molar-refractivity contribution in [2.75, 3.05) is 19.7 Å². The van der Waals surface area contributed by atoms with Crippen LogP contribution in [-0.2, 0) is 15.1 Å². The number of carbonyl (C=O) groups excluding carboxylic acids is 1. The average Bonchev–Trinajstić information content (AvgIpc) is 2.62. The summed E-state index contributed by atoms with van der Waals surface area (Å²) in [6.07, 6.45) is -0.233. The van der Waals surface area contributed by atoms with Crippen LogP contribution in [0.25, 0.3) is 0 Å². The van der Waals surface area contributed by atoms with E-state index in [2.05, 4.69) is 0 Å². The molecule has 2 aromatic rings. The van der Waals surface area contributed by atoms with E-state index in [1.54, 1.807) is 11.8 Å². The second-order valence-corrected chi connectivity index (χ2v) is 6.61. The highest BCUT2D eigenvalue weighted by molar-refractivity contribution is 6.31. The van der Waals surface area contributed by atoms with Gasteiger partial charge in [0.25, 0.3) is 0 Å². The molecule has 1 fully saturated rings. The molecule has 0 bridgehead atoms. The molecule has 2 aromatic carbocycles. The minimum Gasteiger partial charge on any atom is -0.370 e. The minimum atomic E-state index is -1.07. The Morgan fingerprint density at radius 1 is 1.20 bits per heavy atom. The highest BCUT2D eigenvalue weighted by Crippen LogP contribution is 2.30. The number of halogens is 2. The molecular formula is C19H22Cl2N2O2. The Morgan fingerprint density at radius 3 is 2.52 bits per heavy atom. The standard InChI is InChI=1S/C19H21ClN2O2.ClH/c1-19(21,14-7-3-2-4-8-14)18(23)22-11-12-24-17(13-22)15-9-5-6-10-16(15)20;/h2-10,17H,11-13,21H2,1H3;1H. The van der Waals surface area contributed by atoms with Crippen LogP contribution in [0.1, 0.15) is 24.2 Å². The van der Waals surface area contributed by atoms with E-state index in [4.69, 9.17) is 22.1 Å². The number of benzene rings is 2. The van der Waals surface area contributed by atoms with Crippen LogP contribution in [0.5, 0.6) is 0 Å². The summed E-state index contributed by atoms with van der Waals surface area (Å²) in [4.78, 5) is 14.8. The highest BCUT2D eigenvalue weighted by atomic mass is 35.5. The first-order valence-electron chi connectivity index (χ1n) is 8.00. The highest BCUT2D eigenvalue weighted by Gasteiger charge is 2.37. The lowest BCUT2D eigenvalue weighted by Crippen LogP contribution is -2.54. The number of amides is 1. The lowest BCUT2D eigenvalue weighted by atomic mass is 9.91. The first-order chi connectivity index (χ1) is 11.5. The molecule has 1 heterocycles. The molecule has 1 aliphatic rings. The summed E-state index contributed by atoms with van der Waals surface area (Å²) >= 11 is 6.26. The maximum atomic E-state index is 13.0. The summed E-state index contributed by atoms with van der Waals surface area (Å²) in [6.45, 7) is 3.19. The van der Waals surface area contributed by atoms with Gasteiger partial charge in [-0.1, -0.05) is 60.1 Å². The molecule has 3 rings (SSSR count). The van der Waals surface area contributed by atoms with Gasteiger partial charge < -0.3 is 15.4 Å². The molecule has 6 heteroatoms. The molecule has 0 saturated carbocycles. The number of carbonyl (C=O) groups is 1. The van der Waals surface area contributed by atoms with E-state index in [0.717, 1.165) is 11.1 Å². The number of hydrogen-bond donors (Lipinski definition) is 1. The number of rotatable bonds is 3. The van der Waals surface area contributed by atoms with Crippen molar-refractivity contribution >= 4 is 29.9 Å². The fourth-order valence-corrected chi connectivity index (χ4v) is 3.25. The molecule has 0 spiro atoms. The van der Waals surface area contributed by atoms with E-state index < -0.39 is 5.54 Å². The molecule has 0 radical (unpaired) electrons. The summed E-state index contributed by atoms with van der Waals surface area (Å²) in [5, 5.41) is 0.648. The summed E-state index contributed by atoms with van der Waals surface area (Å²) in [5.74, 6) is -0.103. The summed E-state index contributed by atoms with van der Waals surface area (Å²) < 4.78 is 5.82. The van der Waals surface area contributed by atoms with E-state index in [1.165, 1.54) is 0 Å². The van der Waals surface area contributed by atoms with Crippen LogP contribution in [-0.4, -0.2) is 30.5 Å². The summed E-state index contributed by atoms with van der Waals surface area (Å²) in [5.41, 5.74) is 7.00. The van der Waals surface area contributed by atoms with Gasteiger partial charge >= 0.3 is 0 Å². The van der Waals surface area contributed by atoms with Crippen molar-refractivity contribution in [1.29, 1.82) is 0 Å². The number of morpholine rings is 1. The van der Waals surface area contributed by atoms with Gasteiger partial charge in [0.05, 0.1) is 13.2 Å². The fraction of sp³-hybridized carbons (Fsp3) is 0.316. The van der Waals surface area contributed by atoms with Crippen molar-refractivity contribution in [3.63, 3.8) is 0 Å². The molecule has 2 atom stereocenters. The minimum absolute atomic E-state index is 0. The third kappa shape index (κ3) is 4.15. The lowest BCUT2D eigenvalue weighted by molar-refractivity contribution is -0.144. The number of hydrogen-bond acceptors (Lipinski definition) is 3. The van der Waals surface area contributed by atoms with Gasteiger partial charge in [0.15, 0.2) is 0 Å². The van der Waals surface area contributed by atoms with Gasteiger partial charge in [-0.15, -0.1) is 12.4 Å². The average molecular weight is 381 g/mol. The van der Waals surface area contributed by atoms with Crippen molar-refractivity contribution in [2.45, 2.75) is 18.6 Å². The monoisotopic (exact) mass is 380 g/mol. The zero-order valence-electron chi connectivity index (χ0n) is 14.0. The van der Waals surface area contributed by atoms with Crippen molar-refractivity contribution in [3.8, 4) is 0 Å². The largest absolute Gasteiger partial charge is 0.370 e. The first kappa shape index (κ1) is 19.7. The topological polar surface area (TPSA) is 55.6 Å². The van der Waals surface area contributed by atoms with Crippen LogP contribution in [0, 0.1) is 0 Å². The number of nitrogens with zero attached hydrogens (tertiary/aromatic N) is 1. The Hall–Kier alpha value is -1.59. The van der Waals surface area contributed by atoms with Gasteiger partial charge in [-0.05, 0) is 18.6 Å². The number of nitrogens with two attached hydrogens (primary N) is 1. The van der Waals surface area contributed by atoms with Gasteiger partial charge in [0.1, 0.15) is 11.6 Å². The van der Waals surface area contributed by atoms with Crippen LogP contribution in [0.3, 0.4) is 0 Å². The van der Waals surface area contributed by atoms with Crippen molar-refractivity contribution in [3.05, 3.63) is 70.7 Å². The molecule has 2 unspecified atom stereocenters. The van der Waals surface area contributed by atoms with E-state index in [1.807, 2.05) is 54.6 Å². The van der Waals surface area contributed by atoms with E-state index >= 15 is 0 Å². The Morgan fingerprint density at radius 2 is 1.84 bits per heavy atom. The van der Waals surface area contributed by atoms with Crippen molar-refractivity contribution in [2.24, 2.45) is 5.73 Å². The van der Waals surface area contributed by atoms with Gasteiger partial charge in [-0.25, -0.2) is 0 Å². The predicted molar refractivity (Wildman–Crippen MR) is 102 cm³/mol. The molecule has 0 aromatic heterocycles. The van der Waals surface area contributed by atoms with Crippen LogP contribution in [0.15, 0.2) is 54.6 Å². The molecule has 1 aliphatic heterocycles. The lowest BCUT2D eigenvalue weighted by Gasteiger charge is -2.38. The second kappa shape index (κ2) is 8.19. The normalized spacial score (nSPS) is 19.6. The van der Waals surface area contributed by atoms with Crippen LogP contribution in [0.4, 0.5) is 0 Å². The zero-order chi connectivity index (χ0) is 17.2. The first-order valence-corrected chi connectivity index (χ1v) is 8.38. The van der Waals surface area contributed by atoms with E-state index in [-0.39, 0.29) is 24.4 Å². The maximum absolute atomic E-state index is 13.0. The Bertz CT molecular complexity index is 722. The molecular weight excluding hydrogens is 359 g/mol. The van der Waals surface area contributed by atoms with E-state index in [0.29, 0.717) is 24.7 Å². The molecule has 1 saturated heterocycles. The molecule has 1 amide bonds. The Kier molecular flexibility index (Phi) is 6.47. The third-order valence-electron chi connectivity index (χ3n) is 4.42. The molecule has 25 heavy (non-hydrogen) atoms. The van der Waals surface area contributed by atoms with Crippen molar-refractivity contribution in [1.82, 2.24) is 4.90 Å². The Labute approximate surface area is 159 Å². The second-order valence-electron chi connectivity index (χ2n) is 6.20. The summed E-state index contributed by atoms with van der Waals surface area (Å²) in [7, 11) is 0. The number of ether oxygens (including phenoxy) is 1. The smallest absolute Gasteiger partial charge is 0.247 e. The SMILES string of the molecule is CC(N)(C(=O)N1CCOC(c2ccccc2Cl)C1)c1ccccc1.Cl. The van der Waals surface area contributed by atoms with Gasteiger partial charge in [-0.2, -0.15) is 0 Å². The Balaban J connectivity index is 0.00000225. The fourth-order valence-electron chi connectivity index (χ4n) is 2.99. The predicted octanol–water partition coefficient (Wildman–Crippen LogP) is 3.54. The van der Waals surface area contributed by atoms with Gasteiger partial charge in [0.2, 0.25) is 5.91 Å². The maximum Gasteiger partial charge on any atom is 0.247 e. The van der Waals surface area contributed by atoms with Crippen LogP contribution < -0.4 is 5.73 Å². The van der Waals surface area contributed by atoms with Gasteiger partial charge in [-0.3, -0.25) is 4.79 Å². The summed E-state index contributed by atoms with van der Waals surface area (Å²) in [6, 6.07) is 17.0.